The van der Waals surface area contributed by atoms with E-state index in [0.717, 1.165) is 5.57 Å². The van der Waals surface area contributed by atoms with Gasteiger partial charge in [0, 0.05) is 5.88 Å². The number of alkyl halides is 1. The maximum Gasteiger partial charge on any atom is 0.0690 e. The van der Waals surface area contributed by atoms with Crippen LogP contribution in [-0.2, 0) is 4.74 Å². The number of halogens is 1. The Balaban J connectivity index is 3.06. The maximum absolute atomic E-state index is 5.43. The summed E-state index contributed by atoms with van der Waals surface area (Å²) in [5, 5.41) is 0. The Hall–Kier alpha value is -0.270. The monoisotopic (exact) mass is 146 g/mol. The van der Waals surface area contributed by atoms with Crippen molar-refractivity contribution in [1.82, 2.24) is 0 Å². The summed E-state index contributed by atoms with van der Waals surface area (Å²) >= 11 is 5.43. The summed E-state index contributed by atoms with van der Waals surface area (Å²) in [7, 11) is 0. The van der Waals surface area contributed by atoms with E-state index < -0.39 is 0 Å². The lowest BCUT2D eigenvalue weighted by atomic mass is 10.4. The van der Waals surface area contributed by atoms with E-state index in [1.807, 2.05) is 0 Å². The molecular weight excluding hydrogens is 136 g/mol. The standard InChI is InChI=1S/C7H11ClO/c1-3-4-9-6-7(2)5-8/h3H,1-2,4-6H2. The summed E-state index contributed by atoms with van der Waals surface area (Å²) in [4.78, 5) is 0. The van der Waals surface area contributed by atoms with Crippen LogP contribution in [0.15, 0.2) is 24.8 Å². The summed E-state index contributed by atoms with van der Waals surface area (Å²) in [5.41, 5.74) is 0.901. The van der Waals surface area contributed by atoms with Crippen molar-refractivity contribution in [2.75, 3.05) is 19.1 Å². The normalized spacial score (nSPS) is 9.00. The van der Waals surface area contributed by atoms with Crippen LogP contribution in [0.4, 0.5) is 0 Å². The molecule has 0 saturated heterocycles. The minimum atomic E-state index is 0.469. The number of hydrogen-bond acceptors (Lipinski definition) is 1. The van der Waals surface area contributed by atoms with Crippen molar-refractivity contribution in [3.63, 3.8) is 0 Å². The molecule has 52 valence electrons. The SMILES string of the molecule is C=CCOCC(=C)CCl. The van der Waals surface area contributed by atoms with Crippen molar-refractivity contribution in [2.45, 2.75) is 0 Å². The third kappa shape index (κ3) is 5.60. The topological polar surface area (TPSA) is 9.23 Å². The molecule has 2 heteroatoms. The van der Waals surface area contributed by atoms with Gasteiger partial charge in [-0.25, -0.2) is 0 Å². The molecule has 0 aromatic carbocycles. The molecule has 0 bridgehead atoms. The lowest BCUT2D eigenvalue weighted by molar-refractivity contribution is 0.187. The van der Waals surface area contributed by atoms with Gasteiger partial charge in [-0.1, -0.05) is 12.7 Å². The van der Waals surface area contributed by atoms with Gasteiger partial charge in [0.25, 0.3) is 0 Å². The molecule has 1 nitrogen and oxygen atoms in total. The predicted molar refractivity (Wildman–Crippen MR) is 40.9 cm³/mol. The van der Waals surface area contributed by atoms with Gasteiger partial charge in [-0.15, -0.1) is 18.2 Å². The van der Waals surface area contributed by atoms with Gasteiger partial charge in [0.15, 0.2) is 0 Å². The Kier molecular flexibility index (Phi) is 5.68. The molecule has 0 spiro atoms. The van der Waals surface area contributed by atoms with Crippen LogP contribution in [0.25, 0.3) is 0 Å². The summed E-state index contributed by atoms with van der Waals surface area (Å²) in [6.45, 7) is 8.25. The Morgan fingerprint density at radius 1 is 1.67 bits per heavy atom. The fourth-order valence-electron chi connectivity index (χ4n) is 0.325. The fraction of sp³-hybridized carbons (Fsp3) is 0.429. The highest BCUT2D eigenvalue weighted by molar-refractivity contribution is 6.19. The zero-order valence-corrected chi connectivity index (χ0v) is 6.16. The first kappa shape index (κ1) is 8.73. The lowest BCUT2D eigenvalue weighted by Crippen LogP contribution is -1.97. The summed E-state index contributed by atoms with van der Waals surface area (Å²) in [6.07, 6.45) is 1.70. The third-order valence-electron chi connectivity index (χ3n) is 0.731. The molecule has 0 amide bonds. The molecule has 0 fully saturated rings. The average molecular weight is 147 g/mol. The molecule has 0 saturated carbocycles. The van der Waals surface area contributed by atoms with Crippen molar-refractivity contribution in [3.05, 3.63) is 24.8 Å². The van der Waals surface area contributed by atoms with Gasteiger partial charge < -0.3 is 4.74 Å². The van der Waals surface area contributed by atoms with Crippen molar-refractivity contribution < 1.29 is 4.74 Å². The first-order valence-electron chi connectivity index (χ1n) is 2.72. The van der Waals surface area contributed by atoms with Crippen molar-refractivity contribution in [2.24, 2.45) is 0 Å². The number of rotatable bonds is 5. The molecule has 0 radical (unpaired) electrons. The molecule has 0 N–H and O–H groups in total. The van der Waals surface area contributed by atoms with Gasteiger partial charge in [-0.3, -0.25) is 0 Å². The summed E-state index contributed by atoms with van der Waals surface area (Å²) in [6, 6.07) is 0. The second-order valence-corrected chi connectivity index (χ2v) is 1.95. The lowest BCUT2D eigenvalue weighted by Gasteiger charge is -1.99. The van der Waals surface area contributed by atoms with E-state index in [4.69, 9.17) is 16.3 Å². The van der Waals surface area contributed by atoms with Gasteiger partial charge >= 0.3 is 0 Å². The van der Waals surface area contributed by atoms with E-state index >= 15 is 0 Å². The van der Waals surface area contributed by atoms with E-state index in [0.29, 0.717) is 19.1 Å². The van der Waals surface area contributed by atoms with E-state index in [2.05, 4.69) is 13.2 Å². The zero-order chi connectivity index (χ0) is 7.11. The summed E-state index contributed by atoms with van der Waals surface area (Å²) in [5.74, 6) is 0.469. The molecule has 0 aromatic rings. The minimum Gasteiger partial charge on any atom is -0.373 e. The van der Waals surface area contributed by atoms with Crippen LogP contribution in [0.1, 0.15) is 0 Å². The van der Waals surface area contributed by atoms with E-state index in [1.54, 1.807) is 6.08 Å². The first-order chi connectivity index (χ1) is 4.31. The fourth-order valence-corrected chi connectivity index (χ4v) is 0.402. The molecule has 0 heterocycles. The molecule has 0 aliphatic rings. The van der Waals surface area contributed by atoms with Crippen molar-refractivity contribution in [1.29, 1.82) is 0 Å². The summed E-state index contributed by atoms with van der Waals surface area (Å²) < 4.78 is 5.03. The average Bonchev–Trinajstić information content (AvgIpc) is 1.89. The molecule has 9 heavy (non-hydrogen) atoms. The Morgan fingerprint density at radius 2 is 2.33 bits per heavy atom. The molecule has 0 rings (SSSR count). The second-order valence-electron chi connectivity index (χ2n) is 1.69. The number of ether oxygens (including phenoxy) is 1. The van der Waals surface area contributed by atoms with Crippen LogP contribution in [0, 0.1) is 0 Å². The third-order valence-corrected chi connectivity index (χ3v) is 1.11. The van der Waals surface area contributed by atoms with Crippen LogP contribution >= 0.6 is 11.6 Å². The molecule has 0 atom stereocenters. The van der Waals surface area contributed by atoms with Gasteiger partial charge in [-0.05, 0) is 5.57 Å². The van der Waals surface area contributed by atoms with Gasteiger partial charge in [0.1, 0.15) is 0 Å². The smallest absolute Gasteiger partial charge is 0.0690 e. The quantitative estimate of drug-likeness (QED) is 0.328. The molecule has 0 aromatic heterocycles. The molecule has 0 aliphatic heterocycles. The zero-order valence-electron chi connectivity index (χ0n) is 5.40. The first-order valence-corrected chi connectivity index (χ1v) is 3.26. The van der Waals surface area contributed by atoms with E-state index in [1.165, 1.54) is 0 Å². The van der Waals surface area contributed by atoms with Crippen molar-refractivity contribution in [3.8, 4) is 0 Å². The molecular formula is C7H11ClO. The maximum atomic E-state index is 5.43. The van der Waals surface area contributed by atoms with Gasteiger partial charge in [-0.2, -0.15) is 0 Å². The highest BCUT2D eigenvalue weighted by Gasteiger charge is 1.88. The van der Waals surface area contributed by atoms with Crippen molar-refractivity contribution >= 4 is 11.6 Å². The highest BCUT2D eigenvalue weighted by atomic mass is 35.5. The van der Waals surface area contributed by atoms with Crippen LogP contribution in [-0.4, -0.2) is 19.1 Å². The molecule has 0 aliphatic carbocycles. The van der Waals surface area contributed by atoms with Gasteiger partial charge in [0.2, 0.25) is 0 Å². The Bertz CT molecular complexity index is 99.1. The largest absolute Gasteiger partial charge is 0.373 e. The van der Waals surface area contributed by atoms with Crippen LogP contribution in [0.3, 0.4) is 0 Å². The molecule has 0 unspecified atom stereocenters. The number of hydrogen-bond donors (Lipinski definition) is 0. The highest BCUT2D eigenvalue weighted by Crippen LogP contribution is 1.93. The second kappa shape index (κ2) is 5.86. The van der Waals surface area contributed by atoms with E-state index in [9.17, 15) is 0 Å². The van der Waals surface area contributed by atoms with Crippen LogP contribution in [0.5, 0.6) is 0 Å². The predicted octanol–water partition coefficient (Wildman–Crippen LogP) is 1.98. The minimum absolute atomic E-state index is 0.469. The van der Waals surface area contributed by atoms with Crippen LogP contribution < -0.4 is 0 Å². The van der Waals surface area contributed by atoms with Crippen LogP contribution in [0.2, 0.25) is 0 Å². The Labute approximate surface area is 61.0 Å². The van der Waals surface area contributed by atoms with Gasteiger partial charge in [0.05, 0.1) is 13.2 Å². The Morgan fingerprint density at radius 3 is 2.78 bits per heavy atom. The van der Waals surface area contributed by atoms with E-state index in [-0.39, 0.29) is 0 Å².